The molecular weight excluding hydrogens is 270 g/mol. The van der Waals surface area contributed by atoms with E-state index in [-0.39, 0.29) is 5.28 Å². The van der Waals surface area contributed by atoms with Gasteiger partial charge in [-0.15, -0.1) is 0 Å². The summed E-state index contributed by atoms with van der Waals surface area (Å²) in [6.07, 6.45) is 1.60. The van der Waals surface area contributed by atoms with Crippen molar-refractivity contribution in [3.63, 3.8) is 0 Å². The van der Waals surface area contributed by atoms with Crippen molar-refractivity contribution in [1.29, 1.82) is 0 Å². The highest BCUT2D eigenvalue weighted by Gasteiger charge is 2.11. The van der Waals surface area contributed by atoms with Crippen molar-refractivity contribution < 1.29 is 4.42 Å². The van der Waals surface area contributed by atoms with Crippen LogP contribution in [0.25, 0.3) is 10.9 Å². The third-order valence-corrected chi connectivity index (χ3v) is 3.36. The van der Waals surface area contributed by atoms with Gasteiger partial charge in [0.25, 0.3) is 5.22 Å². The summed E-state index contributed by atoms with van der Waals surface area (Å²) in [7, 11) is 0. The quantitative estimate of drug-likeness (QED) is 0.528. The van der Waals surface area contributed by atoms with Crippen LogP contribution >= 0.6 is 23.4 Å². The first-order valence-corrected chi connectivity index (χ1v) is 6.44. The van der Waals surface area contributed by atoms with E-state index in [1.54, 1.807) is 6.26 Å². The lowest BCUT2D eigenvalue weighted by Crippen LogP contribution is -1.89. The van der Waals surface area contributed by atoms with Crippen molar-refractivity contribution in [3.8, 4) is 0 Å². The molecule has 0 fully saturated rings. The monoisotopic (exact) mass is 277 g/mol. The lowest BCUT2D eigenvalue weighted by atomic mass is 10.2. The number of halogens is 1. The van der Waals surface area contributed by atoms with E-state index >= 15 is 0 Å². The van der Waals surface area contributed by atoms with Crippen LogP contribution in [0.1, 0.15) is 5.69 Å². The molecule has 0 saturated heterocycles. The van der Waals surface area contributed by atoms with E-state index < -0.39 is 0 Å². The molecule has 18 heavy (non-hydrogen) atoms. The fraction of sp³-hybridized carbons (Fsp3) is 0.0833. The highest BCUT2D eigenvalue weighted by Crippen LogP contribution is 2.31. The number of hydrogen-bond donors (Lipinski definition) is 0. The van der Waals surface area contributed by atoms with Gasteiger partial charge in [-0.2, -0.15) is 0 Å². The number of aryl methyl sites for hydroxylation is 1. The standard InChI is InChI=1S/C12H8ClN3OS/c1-7-6-17-12(14-7)18-10-8-4-2-3-5-9(8)15-11(13)16-10/h2-6H,1H3. The second-order valence-corrected chi connectivity index (χ2v) is 4.95. The Hall–Kier alpha value is -1.59. The summed E-state index contributed by atoms with van der Waals surface area (Å²) < 4.78 is 5.31. The molecule has 0 spiro atoms. The number of nitrogens with zero attached hydrogens (tertiary/aromatic N) is 3. The van der Waals surface area contributed by atoms with Gasteiger partial charge in [0.15, 0.2) is 0 Å². The second kappa shape index (κ2) is 4.59. The predicted octanol–water partition coefficient (Wildman–Crippen LogP) is 3.73. The first-order chi connectivity index (χ1) is 8.72. The van der Waals surface area contributed by atoms with Gasteiger partial charge in [0.05, 0.1) is 11.2 Å². The number of benzene rings is 1. The Morgan fingerprint density at radius 1 is 1.17 bits per heavy atom. The van der Waals surface area contributed by atoms with Gasteiger partial charge in [-0.3, -0.25) is 0 Å². The van der Waals surface area contributed by atoms with Crippen LogP contribution in [0.3, 0.4) is 0 Å². The largest absolute Gasteiger partial charge is 0.439 e. The van der Waals surface area contributed by atoms with E-state index in [1.165, 1.54) is 11.8 Å². The van der Waals surface area contributed by atoms with Crippen molar-refractivity contribution in [2.75, 3.05) is 0 Å². The third kappa shape index (κ3) is 2.19. The van der Waals surface area contributed by atoms with Crippen molar-refractivity contribution in [2.24, 2.45) is 0 Å². The van der Waals surface area contributed by atoms with Gasteiger partial charge in [-0.25, -0.2) is 15.0 Å². The molecule has 1 aromatic carbocycles. The summed E-state index contributed by atoms with van der Waals surface area (Å²) in [5.41, 5.74) is 1.64. The van der Waals surface area contributed by atoms with Gasteiger partial charge in [0.1, 0.15) is 11.3 Å². The van der Waals surface area contributed by atoms with Crippen LogP contribution in [0, 0.1) is 6.92 Å². The molecule has 0 amide bonds. The number of oxazole rings is 1. The number of para-hydroxylation sites is 1. The Morgan fingerprint density at radius 2 is 2.00 bits per heavy atom. The summed E-state index contributed by atoms with van der Waals surface area (Å²) in [6, 6.07) is 7.69. The lowest BCUT2D eigenvalue weighted by molar-refractivity contribution is 0.454. The number of hydrogen-bond acceptors (Lipinski definition) is 5. The molecule has 3 rings (SSSR count). The van der Waals surface area contributed by atoms with Crippen LogP contribution in [-0.4, -0.2) is 15.0 Å². The zero-order chi connectivity index (χ0) is 12.5. The molecule has 0 aliphatic rings. The molecule has 6 heteroatoms. The minimum atomic E-state index is 0.222. The van der Waals surface area contributed by atoms with Gasteiger partial charge in [0.2, 0.25) is 5.28 Å². The van der Waals surface area contributed by atoms with Gasteiger partial charge >= 0.3 is 0 Å². The number of rotatable bonds is 2. The third-order valence-electron chi connectivity index (χ3n) is 2.32. The van der Waals surface area contributed by atoms with Crippen LogP contribution in [0.4, 0.5) is 0 Å². The minimum absolute atomic E-state index is 0.222. The fourth-order valence-corrected chi connectivity index (χ4v) is 2.65. The van der Waals surface area contributed by atoms with Gasteiger partial charge in [0, 0.05) is 5.39 Å². The van der Waals surface area contributed by atoms with E-state index in [0.29, 0.717) is 5.22 Å². The smallest absolute Gasteiger partial charge is 0.262 e. The second-order valence-electron chi connectivity index (χ2n) is 3.67. The molecule has 0 radical (unpaired) electrons. The van der Waals surface area contributed by atoms with E-state index in [4.69, 9.17) is 16.0 Å². The Bertz CT molecular complexity index is 713. The molecule has 2 heterocycles. The summed E-state index contributed by atoms with van der Waals surface area (Å²) in [4.78, 5) is 12.6. The zero-order valence-electron chi connectivity index (χ0n) is 9.42. The summed E-state index contributed by atoms with van der Waals surface area (Å²) in [6.45, 7) is 1.87. The average Bonchev–Trinajstić information content (AvgIpc) is 2.74. The molecule has 0 saturated carbocycles. The molecule has 4 nitrogen and oxygen atoms in total. The molecular formula is C12H8ClN3OS. The lowest BCUT2D eigenvalue weighted by Gasteiger charge is -2.02. The Kier molecular flexibility index (Phi) is 2.93. The fourth-order valence-electron chi connectivity index (χ4n) is 1.56. The molecule has 0 N–H and O–H groups in total. The highest BCUT2D eigenvalue weighted by atomic mass is 35.5. The van der Waals surface area contributed by atoms with Crippen LogP contribution in [0.2, 0.25) is 5.28 Å². The van der Waals surface area contributed by atoms with E-state index in [1.807, 2.05) is 31.2 Å². The molecule has 0 atom stereocenters. The molecule has 0 aliphatic heterocycles. The first-order valence-electron chi connectivity index (χ1n) is 5.24. The number of fused-ring (bicyclic) bond motifs is 1. The maximum atomic E-state index is 5.91. The predicted molar refractivity (Wildman–Crippen MR) is 69.9 cm³/mol. The maximum absolute atomic E-state index is 5.91. The van der Waals surface area contributed by atoms with Crippen molar-refractivity contribution in [1.82, 2.24) is 15.0 Å². The SMILES string of the molecule is Cc1coc(Sc2nc(Cl)nc3ccccc23)n1. The Morgan fingerprint density at radius 3 is 2.78 bits per heavy atom. The average molecular weight is 278 g/mol. The zero-order valence-corrected chi connectivity index (χ0v) is 11.0. The van der Waals surface area contributed by atoms with Crippen LogP contribution in [-0.2, 0) is 0 Å². The molecule has 2 aromatic heterocycles. The molecule has 0 bridgehead atoms. The minimum Gasteiger partial charge on any atom is -0.439 e. The van der Waals surface area contributed by atoms with Gasteiger partial charge in [-0.1, -0.05) is 18.2 Å². The van der Waals surface area contributed by atoms with Gasteiger partial charge < -0.3 is 4.42 Å². The van der Waals surface area contributed by atoms with E-state index in [2.05, 4.69) is 15.0 Å². The van der Waals surface area contributed by atoms with Crippen molar-refractivity contribution in [2.45, 2.75) is 17.2 Å². The maximum Gasteiger partial charge on any atom is 0.262 e. The topological polar surface area (TPSA) is 51.8 Å². The molecule has 90 valence electrons. The van der Waals surface area contributed by atoms with Crippen LogP contribution in [0.5, 0.6) is 0 Å². The van der Waals surface area contributed by atoms with Crippen molar-refractivity contribution >= 4 is 34.3 Å². The summed E-state index contributed by atoms with van der Waals surface area (Å²) >= 11 is 7.25. The van der Waals surface area contributed by atoms with Crippen LogP contribution < -0.4 is 0 Å². The molecule has 3 aromatic rings. The van der Waals surface area contributed by atoms with Crippen molar-refractivity contribution in [3.05, 3.63) is 41.5 Å². The highest BCUT2D eigenvalue weighted by molar-refractivity contribution is 7.99. The molecule has 0 unspecified atom stereocenters. The Balaban J connectivity index is 2.10. The number of aromatic nitrogens is 3. The Labute approximate surface area is 112 Å². The van der Waals surface area contributed by atoms with Crippen LogP contribution in [0.15, 0.2) is 45.2 Å². The summed E-state index contributed by atoms with van der Waals surface area (Å²) in [5.74, 6) is 0. The van der Waals surface area contributed by atoms with Gasteiger partial charge in [-0.05, 0) is 36.4 Å². The summed E-state index contributed by atoms with van der Waals surface area (Å²) in [5, 5.41) is 2.45. The molecule has 0 aliphatic carbocycles. The normalized spacial score (nSPS) is 11.0. The first kappa shape index (κ1) is 11.5. The van der Waals surface area contributed by atoms with E-state index in [9.17, 15) is 0 Å². The van der Waals surface area contributed by atoms with E-state index in [0.717, 1.165) is 21.6 Å².